The molecule has 0 bridgehead atoms. The van der Waals surface area contributed by atoms with Crippen molar-refractivity contribution in [1.29, 1.82) is 0 Å². The van der Waals surface area contributed by atoms with Crippen LogP contribution in [0.2, 0.25) is 0 Å². The lowest BCUT2D eigenvalue weighted by Gasteiger charge is -2.05. The van der Waals surface area contributed by atoms with Crippen molar-refractivity contribution in [1.82, 2.24) is 24.7 Å². The van der Waals surface area contributed by atoms with E-state index in [9.17, 15) is 0 Å². The molecule has 13 heavy (non-hydrogen) atoms. The Bertz CT molecular complexity index is 411. The van der Waals surface area contributed by atoms with Crippen molar-refractivity contribution in [3.8, 4) is 0 Å². The van der Waals surface area contributed by atoms with Crippen molar-refractivity contribution in [3.63, 3.8) is 0 Å². The minimum atomic E-state index is 0.793. The Hall–Kier alpha value is -1.36. The molecule has 5 nitrogen and oxygen atoms in total. The van der Waals surface area contributed by atoms with Crippen LogP contribution in [0.1, 0.15) is 11.5 Å². The first-order valence-electron chi connectivity index (χ1n) is 4.21. The van der Waals surface area contributed by atoms with E-state index in [4.69, 9.17) is 0 Å². The maximum absolute atomic E-state index is 4.08. The smallest absolute Gasteiger partial charge is 0.177 e. The second-order valence-corrected chi connectivity index (χ2v) is 3.49. The van der Waals surface area contributed by atoms with Gasteiger partial charge in [0.2, 0.25) is 0 Å². The molecule has 0 atom stereocenters. The molecule has 0 spiro atoms. The van der Waals surface area contributed by atoms with Gasteiger partial charge in [-0.1, -0.05) is 0 Å². The van der Waals surface area contributed by atoms with Gasteiger partial charge < -0.3 is 4.90 Å². The lowest BCUT2D eigenvalue weighted by Crippen LogP contribution is -2.13. The molecule has 0 aliphatic heterocycles. The van der Waals surface area contributed by atoms with Gasteiger partial charge >= 0.3 is 0 Å². The van der Waals surface area contributed by atoms with E-state index in [0.717, 1.165) is 23.7 Å². The fraction of sp³-hybridized carbons (Fsp3) is 0.500. The van der Waals surface area contributed by atoms with Crippen LogP contribution in [0.5, 0.6) is 0 Å². The number of nitrogens with one attached hydrogen (secondary N) is 1. The number of hydrogen-bond donors (Lipinski definition) is 1. The summed E-state index contributed by atoms with van der Waals surface area (Å²) in [6, 6.07) is 1.98. The third kappa shape index (κ3) is 1.42. The molecule has 2 aromatic heterocycles. The van der Waals surface area contributed by atoms with E-state index in [-0.39, 0.29) is 0 Å². The highest BCUT2D eigenvalue weighted by Gasteiger charge is 2.07. The predicted octanol–water partition coefficient (Wildman–Crippen LogP) is 0.427. The van der Waals surface area contributed by atoms with Gasteiger partial charge in [-0.05, 0) is 21.0 Å². The molecule has 0 aromatic carbocycles. The Morgan fingerprint density at radius 3 is 2.92 bits per heavy atom. The number of rotatable bonds is 2. The zero-order valence-corrected chi connectivity index (χ0v) is 8.07. The number of aryl methyl sites for hydroxylation is 1. The second-order valence-electron chi connectivity index (χ2n) is 3.49. The molecule has 70 valence electrons. The van der Waals surface area contributed by atoms with Crippen molar-refractivity contribution in [2.45, 2.75) is 13.5 Å². The summed E-state index contributed by atoms with van der Waals surface area (Å²) in [5, 5.41) is 11.3. The minimum Gasteiger partial charge on any atom is -0.302 e. The molecule has 0 radical (unpaired) electrons. The number of fused-ring (bicyclic) bond motifs is 1. The Labute approximate surface area is 76.4 Å². The summed E-state index contributed by atoms with van der Waals surface area (Å²) in [7, 11) is 4.02. The molecular formula is C8H13N5. The van der Waals surface area contributed by atoms with Gasteiger partial charge in [0.05, 0.1) is 6.54 Å². The van der Waals surface area contributed by atoms with E-state index in [1.165, 1.54) is 0 Å². The molecule has 0 saturated heterocycles. The normalized spacial score (nSPS) is 11.7. The third-order valence-electron chi connectivity index (χ3n) is 1.85. The standard InChI is InChI=1S/C8H13N5/c1-6-4-7-9-10-8(5-12(2)3)13(7)11-6/h4,11H,5H2,1-3H3. The summed E-state index contributed by atoms with van der Waals surface area (Å²) in [6.45, 7) is 2.80. The fourth-order valence-electron chi connectivity index (χ4n) is 1.33. The molecule has 2 aromatic rings. The monoisotopic (exact) mass is 179 g/mol. The van der Waals surface area contributed by atoms with Gasteiger partial charge in [-0.3, -0.25) is 5.10 Å². The molecular weight excluding hydrogens is 166 g/mol. The molecule has 0 saturated carbocycles. The molecule has 0 unspecified atom stereocenters. The molecule has 0 fully saturated rings. The molecule has 5 heteroatoms. The quantitative estimate of drug-likeness (QED) is 0.727. The second kappa shape index (κ2) is 2.85. The summed E-state index contributed by atoms with van der Waals surface area (Å²) in [5.74, 6) is 0.938. The van der Waals surface area contributed by atoms with Crippen molar-refractivity contribution in [2.75, 3.05) is 14.1 Å². The third-order valence-corrected chi connectivity index (χ3v) is 1.85. The van der Waals surface area contributed by atoms with Crippen molar-refractivity contribution in [2.24, 2.45) is 0 Å². The van der Waals surface area contributed by atoms with Gasteiger partial charge in [-0.15, -0.1) is 10.2 Å². The largest absolute Gasteiger partial charge is 0.302 e. The molecule has 0 aliphatic carbocycles. The van der Waals surface area contributed by atoms with Gasteiger partial charge in [0.25, 0.3) is 0 Å². The van der Waals surface area contributed by atoms with E-state index < -0.39 is 0 Å². The van der Waals surface area contributed by atoms with E-state index in [1.54, 1.807) is 0 Å². The molecule has 2 heterocycles. The lowest BCUT2D eigenvalue weighted by molar-refractivity contribution is 0.386. The molecule has 0 aliphatic rings. The van der Waals surface area contributed by atoms with E-state index in [2.05, 4.69) is 20.2 Å². The fourth-order valence-corrected chi connectivity index (χ4v) is 1.33. The lowest BCUT2D eigenvalue weighted by atomic mass is 10.5. The molecule has 0 amide bonds. The topological polar surface area (TPSA) is 49.2 Å². The highest BCUT2D eigenvalue weighted by Crippen LogP contribution is 2.05. The highest BCUT2D eigenvalue weighted by atomic mass is 15.4. The molecule has 1 N–H and O–H groups in total. The Balaban J connectivity index is 2.44. The van der Waals surface area contributed by atoms with E-state index in [1.807, 2.05) is 31.6 Å². The number of H-pyrrole nitrogens is 1. The van der Waals surface area contributed by atoms with Gasteiger partial charge in [0.1, 0.15) is 0 Å². The molecule has 2 rings (SSSR count). The Kier molecular flexibility index (Phi) is 1.81. The van der Waals surface area contributed by atoms with E-state index in [0.29, 0.717) is 0 Å². The maximum Gasteiger partial charge on any atom is 0.177 e. The first-order valence-corrected chi connectivity index (χ1v) is 4.21. The van der Waals surface area contributed by atoms with Gasteiger partial charge in [0, 0.05) is 11.8 Å². The zero-order chi connectivity index (χ0) is 9.42. The van der Waals surface area contributed by atoms with Gasteiger partial charge in [-0.25, -0.2) is 4.52 Å². The zero-order valence-electron chi connectivity index (χ0n) is 8.07. The summed E-state index contributed by atoms with van der Waals surface area (Å²) >= 11 is 0. The summed E-state index contributed by atoms with van der Waals surface area (Å²) in [4.78, 5) is 2.06. The van der Waals surface area contributed by atoms with Crippen LogP contribution in [-0.2, 0) is 6.54 Å². The summed E-state index contributed by atoms with van der Waals surface area (Å²) in [6.07, 6.45) is 0. The highest BCUT2D eigenvalue weighted by molar-refractivity contribution is 5.38. The number of nitrogens with zero attached hydrogens (tertiary/aromatic N) is 4. The van der Waals surface area contributed by atoms with Crippen LogP contribution in [0.25, 0.3) is 5.65 Å². The van der Waals surface area contributed by atoms with Gasteiger partial charge in [-0.2, -0.15) is 0 Å². The van der Waals surface area contributed by atoms with E-state index >= 15 is 0 Å². The number of aromatic nitrogens is 4. The van der Waals surface area contributed by atoms with Crippen LogP contribution in [0.4, 0.5) is 0 Å². The SMILES string of the molecule is Cc1cc2nnc(CN(C)C)n2[nH]1. The average Bonchev–Trinajstić information content (AvgIpc) is 2.51. The first-order chi connectivity index (χ1) is 6.16. The van der Waals surface area contributed by atoms with Gasteiger partial charge in [0.15, 0.2) is 11.5 Å². The van der Waals surface area contributed by atoms with Crippen molar-refractivity contribution >= 4 is 5.65 Å². The summed E-state index contributed by atoms with van der Waals surface area (Å²) in [5.41, 5.74) is 1.99. The maximum atomic E-state index is 4.08. The van der Waals surface area contributed by atoms with Crippen LogP contribution in [-0.4, -0.2) is 38.8 Å². The first kappa shape index (κ1) is 8.25. The average molecular weight is 179 g/mol. The van der Waals surface area contributed by atoms with Crippen LogP contribution in [0, 0.1) is 6.92 Å². The Morgan fingerprint density at radius 2 is 2.23 bits per heavy atom. The van der Waals surface area contributed by atoms with Crippen LogP contribution in [0.15, 0.2) is 6.07 Å². The number of aromatic amines is 1. The van der Waals surface area contributed by atoms with Crippen molar-refractivity contribution in [3.05, 3.63) is 17.6 Å². The summed E-state index contributed by atoms with van der Waals surface area (Å²) < 4.78 is 1.91. The van der Waals surface area contributed by atoms with Crippen molar-refractivity contribution < 1.29 is 0 Å². The number of hydrogen-bond acceptors (Lipinski definition) is 3. The van der Waals surface area contributed by atoms with Crippen LogP contribution < -0.4 is 0 Å². The van der Waals surface area contributed by atoms with Crippen LogP contribution >= 0.6 is 0 Å². The predicted molar refractivity (Wildman–Crippen MR) is 49.5 cm³/mol. The van der Waals surface area contributed by atoms with Crippen LogP contribution in [0.3, 0.4) is 0 Å². The minimum absolute atomic E-state index is 0.793. The Morgan fingerprint density at radius 1 is 1.46 bits per heavy atom.